The Morgan fingerprint density at radius 1 is 1.46 bits per heavy atom. The van der Waals surface area contributed by atoms with E-state index in [0.29, 0.717) is 5.76 Å². The first kappa shape index (κ1) is 16.4. The minimum absolute atomic E-state index is 0.0272. The summed E-state index contributed by atoms with van der Waals surface area (Å²) in [6.45, 7) is 3.29. The summed E-state index contributed by atoms with van der Waals surface area (Å²) in [6.07, 6.45) is 8.07. The number of carbonyl (C=O) groups is 1. The lowest BCUT2D eigenvalue weighted by Gasteiger charge is -2.32. The zero-order valence-electron chi connectivity index (χ0n) is 13.7. The maximum absolute atomic E-state index is 12.4. The van der Waals surface area contributed by atoms with E-state index in [-0.39, 0.29) is 18.4 Å². The molecule has 1 fully saturated rings. The minimum Gasteiger partial charge on any atom is -0.466 e. The van der Waals surface area contributed by atoms with Crippen LogP contribution in [0.4, 0.5) is 5.82 Å². The molecule has 2 aromatic rings. The van der Waals surface area contributed by atoms with Gasteiger partial charge in [-0.05, 0) is 31.9 Å². The molecule has 0 saturated carbocycles. The van der Waals surface area contributed by atoms with Crippen molar-refractivity contribution in [3.05, 3.63) is 42.7 Å². The SMILES string of the molecule is CC(O)(CNC(=O)C1CCN(c2cnccn2)CC1)c1ccco1. The topological polar surface area (TPSA) is 91.5 Å². The Morgan fingerprint density at radius 3 is 2.88 bits per heavy atom. The van der Waals surface area contributed by atoms with Gasteiger partial charge in [-0.3, -0.25) is 9.78 Å². The van der Waals surface area contributed by atoms with Gasteiger partial charge in [0.05, 0.1) is 19.0 Å². The molecule has 7 nitrogen and oxygen atoms in total. The quantitative estimate of drug-likeness (QED) is 0.859. The number of carbonyl (C=O) groups excluding carboxylic acids is 1. The summed E-state index contributed by atoms with van der Waals surface area (Å²) < 4.78 is 5.22. The number of hydrogen-bond donors (Lipinski definition) is 2. The highest BCUT2D eigenvalue weighted by Crippen LogP contribution is 2.23. The van der Waals surface area contributed by atoms with Crippen molar-refractivity contribution in [3.8, 4) is 0 Å². The molecule has 128 valence electrons. The van der Waals surface area contributed by atoms with Gasteiger partial charge in [-0.2, -0.15) is 0 Å². The number of anilines is 1. The molecule has 7 heteroatoms. The summed E-state index contributed by atoms with van der Waals surface area (Å²) in [7, 11) is 0. The van der Waals surface area contributed by atoms with Crippen LogP contribution >= 0.6 is 0 Å². The van der Waals surface area contributed by atoms with Crippen molar-refractivity contribution >= 4 is 11.7 Å². The largest absolute Gasteiger partial charge is 0.466 e. The van der Waals surface area contributed by atoms with Crippen molar-refractivity contribution in [3.63, 3.8) is 0 Å². The third kappa shape index (κ3) is 3.73. The normalized spacial score (nSPS) is 18.2. The predicted molar refractivity (Wildman–Crippen MR) is 88.3 cm³/mol. The molecule has 1 saturated heterocycles. The summed E-state index contributed by atoms with van der Waals surface area (Å²) in [5, 5.41) is 13.2. The number of piperidine rings is 1. The fraction of sp³-hybridized carbons (Fsp3) is 0.471. The van der Waals surface area contributed by atoms with Crippen LogP contribution in [0, 0.1) is 5.92 Å². The average molecular weight is 330 g/mol. The van der Waals surface area contributed by atoms with Crippen LogP contribution in [0.15, 0.2) is 41.4 Å². The average Bonchev–Trinajstić information content (AvgIpc) is 3.16. The second-order valence-corrected chi connectivity index (χ2v) is 6.29. The van der Waals surface area contributed by atoms with Gasteiger partial charge in [0.1, 0.15) is 17.2 Å². The number of nitrogens with one attached hydrogen (secondary N) is 1. The number of aliphatic hydroxyl groups is 1. The number of rotatable bonds is 5. The summed E-state index contributed by atoms with van der Waals surface area (Å²) in [5.41, 5.74) is -1.21. The molecule has 1 aliphatic rings. The maximum atomic E-state index is 12.4. The summed E-state index contributed by atoms with van der Waals surface area (Å²) >= 11 is 0. The Balaban J connectivity index is 1.49. The highest BCUT2D eigenvalue weighted by molar-refractivity contribution is 5.79. The van der Waals surface area contributed by atoms with Gasteiger partial charge >= 0.3 is 0 Å². The lowest BCUT2D eigenvalue weighted by Crippen LogP contribution is -2.44. The molecule has 0 aromatic carbocycles. The standard InChI is InChI=1S/C17H22N4O3/c1-17(23,14-3-2-10-24-14)12-20-16(22)13-4-8-21(9-5-13)15-11-18-6-7-19-15/h2-3,6-7,10-11,13,23H,4-5,8-9,12H2,1H3,(H,20,22). The van der Waals surface area contributed by atoms with E-state index in [1.165, 1.54) is 6.26 Å². The lowest BCUT2D eigenvalue weighted by molar-refractivity contribution is -0.127. The molecule has 2 N–H and O–H groups in total. The second-order valence-electron chi connectivity index (χ2n) is 6.29. The van der Waals surface area contributed by atoms with Gasteiger partial charge in [-0.25, -0.2) is 4.98 Å². The highest BCUT2D eigenvalue weighted by Gasteiger charge is 2.30. The highest BCUT2D eigenvalue weighted by atomic mass is 16.4. The monoisotopic (exact) mass is 330 g/mol. The van der Waals surface area contributed by atoms with Gasteiger partial charge in [0.2, 0.25) is 5.91 Å². The third-order valence-electron chi connectivity index (χ3n) is 4.40. The molecular formula is C17H22N4O3. The Kier molecular flexibility index (Phi) is 4.80. The van der Waals surface area contributed by atoms with E-state index in [1.807, 2.05) is 0 Å². The van der Waals surface area contributed by atoms with Crippen molar-refractivity contribution in [1.82, 2.24) is 15.3 Å². The van der Waals surface area contributed by atoms with Crippen LogP contribution in [0.2, 0.25) is 0 Å². The van der Waals surface area contributed by atoms with Gasteiger partial charge in [-0.1, -0.05) is 0 Å². The van der Waals surface area contributed by atoms with E-state index in [9.17, 15) is 9.90 Å². The smallest absolute Gasteiger partial charge is 0.223 e. The molecule has 0 radical (unpaired) electrons. The number of nitrogens with zero attached hydrogens (tertiary/aromatic N) is 3. The number of furan rings is 1. The van der Waals surface area contributed by atoms with Crippen LogP contribution in [-0.4, -0.2) is 40.6 Å². The van der Waals surface area contributed by atoms with Crippen LogP contribution in [-0.2, 0) is 10.4 Å². The Hall–Kier alpha value is -2.41. The fourth-order valence-electron chi connectivity index (χ4n) is 2.90. The van der Waals surface area contributed by atoms with Crippen molar-refractivity contribution in [2.45, 2.75) is 25.4 Å². The van der Waals surface area contributed by atoms with E-state index < -0.39 is 5.60 Å². The first-order valence-electron chi connectivity index (χ1n) is 8.11. The lowest BCUT2D eigenvalue weighted by atomic mass is 9.95. The molecule has 0 bridgehead atoms. The van der Waals surface area contributed by atoms with Crippen molar-refractivity contribution in [1.29, 1.82) is 0 Å². The number of amides is 1. The summed E-state index contributed by atoms with van der Waals surface area (Å²) in [5.74, 6) is 1.21. The van der Waals surface area contributed by atoms with E-state index in [2.05, 4.69) is 20.2 Å². The van der Waals surface area contributed by atoms with Gasteiger partial charge in [0, 0.05) is 31.4 Å². The molecule has 1 amide bonds. The Labute approximate surface area is 140 Å². The van der Waals surface area contributed by atoms with Crippen LogP contribution in [0.5, 0.6) is 0 Å². The predicted octanol–water partition coefficient (Wildman–Crippen LogP) is 1.31. The molecule has 1 unspecified atom stereocenters. The van der Waals surface area contributed by atoms with E-state index in [0.717, 1.165) is 31.7 Å². The zero-order valence-corrected chi connectivity index (χ0v) is 13.7. The number of hydrogen-bond acceptors (Lipinski definition) is 6. The molecule has 24 heavy (non-hydrogen) atoms. The van der Waals surface area contributed by atoms with Crippen molar-refractivity contribution in [2.75, 3.05) is 24.5 Å². The molecule has 0 aliphatic carbocycles. The minimum atomic E-state index is -1.21. The number of aromatic nitrogens is 2. The molecule has 3 heterocycles. The van der Waals surface area contributed by atoms with E-state index >= 15 is 0 Å². The summed E-state index contributed by atoms with van der Waals surface area (Å²) in [6, 6.07) is 3.42. The molecule has 3 rings (SSSR count). The van der Waals surface area contributed by atoms with Crippen molar-refractivity contribution < 1.29 is 14.3 Å². The van der Waals surface area contributed by atoms with Gasteiger partial charge in [-0.15, -0.1) is 0 Å². The molecule has 0 spiro atoms. The Morgan fingerprint density at radius 2 is 2.25 bits per heavy atom. The first-order valence-corrected chi connectivity index (χ1v) is 8.11. The second kappa shape index (κ2) is 7.00. The third-order valence-corrected chi connectivity index (χ3v) is 4.40. The van der Waals surface area contributed by atoms with Crippen LogP contribution < -0.4 is 10.2 Å². The fourth-order valence-corrected chi connectivity index (χ4v) is 2.90. The Bertz CT molecular complexity index is 650. The summed E-state index contributed by atoms with van der Waals surface area (Å²) in [4.78, 5) is 22.9. The van der Waals surface area contributed by atoms with Crippen molar-refractivity contribution in [2.24, 2.45) is 5.92 Å². The van der Waals surface area contributed by atoms with Crippen LogP contribution in [0.3, 0.4) is 0 Å². The van der Waals surface area contributed by atoms with Gasteiger partial charge < -0.3 is 19.7 Å². The first-order chi connectivity index (χ1) is 11.6. The maximum Gasteiger partial charge on any atom is 0.223 e. The zero-order chi connectivity index (χ0) is 17.0. The van der Waals surface area contributed by atoms with Crippen LogP contribution in [0.25, 0.3) is 0 Å². The van der Waals surface area contributed by atoms with Gasteiger partial charge in [0.15, 0.2) is 0 Å². The molecule has 1 atom stereocenters. The van der Waals surface area contributed by atoms with Gasteiger partial charge in [0.25, 0.3) is 0 Å². The molecule has 2 aromatic heterocycles. The molecule has 1 aliphatic heterocycles. The van der Waals surface area contributed by atoms with Crippen LogP contribution in [0.1, 0.15) is 25.5 Å². The van der Waals surface area contributed by atoms with E-state index in [4.69, 9.17) is 4.42 Å². The van der Waals surface area contributed by atoms with E-state index in [1.54, 1.807) is 37.6 Å². The molecular weight excluding hydrogens is 308 g/mol.